The van der Waals surface area contributed by atoms with E-state index in [0.717, 1.165) is 5.56 Å². The molecule has 0 aliphatic carbocycles. The summed E-state index contributed by atoms with van der Waals surface area (Å²) in [5.74, 6) is 0.208. The molecule has 0 saturated carbocycles. The minimum atomic E-state index is -0.569. The first-order valence-electron chi connectivity index (χ1n) is 4.56. The van der Waals surface area contributed by atoms with Gasteiger partial charge >= 0.3 is 0 Å². The first-order chi connectivity index (χ1) is 6.56. The second-order valence-corrected chi connectivity index (χ2v) is 3.43. The van der Waals surface area contributed by atoms with E-state index in [0.29, 0.717) is 11.3 Å². The summed E-state index contributed by atoms with van der Waals surface area (Å²) >= 11 is 0. The maximum atomic E-state index is 13.4. The molecule has 0 fully saturated rings. The molecule has 14 heavy (non-hydrogen) atoms. The summed E-state index contributed by atoms with van der Waals surface area (Å²) in [6.45, 7) is 3.48. The Hall–Kier alpha value is -1.09. The molecule has 0 amide bonds. The molecule has 0 aliphatic rings. The van der Waals surface area contributed by atoms with Gasteiger partial charge in [0.15, 0.2) is 0 Å². The normalized spacial score (nSPS) is 12.6. The topological polar surface area (TPSA) is 29.5 Å². The number of hydrogen-bond donors (Lipinski definition) is 1. The molecule has 1 N–H and O–H groups in total. The zero-order chi connectivity index (χ0) is 10.7. The van der Waals surface area contributed by atoms with Crippen LogP contribution in [0.2, 0.25) is 0 Å². The molecule has 0 spiro atoms. The molecule has 0 radical (unpaired) electrons. The predicted molar refractivity (Wildman–Crippen MR) is 53.1 cm³/mol. The first-order valence-corrected chi connectivity index (χ1v) is 4.56. The van der Waals surface area contributed by atoms with Gasteiger partial charge in [0.2, 0.25) is 0 Å². The smallest absolute Gasteiger partial charge is 0.130 e. The lowest BCUT2D eigenvalue weighted by molar-refractivity contribution is 0.192. The Bertz CT molecular complexity index is 321. The molecule has 1 aromatic carbocycles. The summed E-state index contributed by atoms with van der Waals surface area (Å²) in [7, 11) is 1.51. The Labute approximate surface area is 83.3 Å². The third-order valence-corrected chi connectivity index (χ3v) is 2.10. The van der Waals surface area contributed by atoms with Crippen molar-refractivity contribution in [3.05, 3.63) is 29.1 Å². The van der Waals surface area contributed by atoms with Gasteiger partial charge in [0.05, 0.1) is 13.2 Å². The second-order valence-electron chi connectivity index (χ2n) is 3.43. The zero-order valence-corrected chi connectivity index (χ0v) is 8.67. The van der Waals surface area contributed by atoms with Crippen LogP contribution in [0.3, 0.4) is 0 Å². The average molecular weight is 198 g/mol. The predicted octanol–water partition coefficient (Wildman–Crippen LogP) is 2.07. The standard InChI is InChI=1S/C11H15FO2/c1-7-4-5-10(12)9(6-8(2)13)11(7)14-3/h4-5,8,13H,6H2,1-3H3. The molecular weight excluding hydrogens is 183 g/mol. The SMILES string of the molecule is COc1c(C)ccc(F)c1CC(C)O. The highest BCUT2D eigenvalue weighted by atomic mass is 19.1. The minimum absolute atomic E-state index is 0.274. The van der Waals surface area contributed by atoms with Crippen LogP contribution in [0.4, 0.5) is 4.39 Å². The highest BCUT2D eigenvalue weighted by Crippen LogP contribution is 2.26. The first kappa shape index (κ1) is 11.0. The van der Waals surface area contributed by atoms with E-state index in [9.17, 15) is 9.50 Å². The van der Waals surface area contributed by atoms with Gasteiger partial charge in [0, 0.05) is 12.0 Å². The van der Waals surface area contributed by atoms with Crippen molar-refractivity contribution in [3.8, 4) is 5.75 Å². The fourth-order valence-electron chi connectivity index (χ4n) is 1.49. The Kier molecular flexibility index (Phi) is 3.47. The van der Waals surface area contributed by atoms with Crippen LogP contribution in [0, 0.1) is 12.7 Å². The van der Waals surface area contributed by atoms with Crippen molar-refractivity contribution in [1.82, 2.24) is 0 Å². The number of aliphatic hydroxyl groups excluding tert-OH is 1. The van der Waals surface area contributed by atoms with Gasteiger partial charge < -0.3 is 9.84 Å². The number of methoxy groups -OCH3 is 1. The minimum Gasteiger partial charge on any atom is -0.496 e. The molecule has 0 saturated heterocycles. The highest BCUT2D eigenvalue weighted by molar-refractivity contribution is 5.42. The third kappa shape index (κ3) is 2.23. The van der Waals surface area contributed by atoms with E-state index in [1.165, 1.54) is 13.2 Å². The molecule has 1 aromatic rings. The van der Waals surface area contributed by atoms with E-state index >= 15 is 0 Å². The quantitative estimate of drug-likeness (QED) is 0.805. The molecule has 1 atom stereocenters. The summed E-state index contributed by atoms with van der Waals surface area (Å²) in [6, 6.07) is 3.06. The number of benzene rings is 1. The maximum absolute atomic E-state index is 13.4. The molecule has 3 heteroatoms. The lowest BCUT2D eigenvalue weighted by Gasteiger charge is -2.13. The van der Waals surface area contributed by atoms with Crippen molar-refractivity contribution in [2.45, 2.75) is 26.4 Å². The van der Waals surface area contributed by atoms with E-state index in [-0.39, 0.29) is 12.2 Å². The number of aryl methyl sites for hydroxylation is 1. The van der Waals surface area contributed by atoms with E-state index in [1.807, 2.05) is 6.92 Å². The number of halogens is 1. The number of ether oxygens (including phenoxy) is 1. The summed E-state index contributed by atoms with van der Waals surface area (Å²) in [5.41, 5.74) is 1.33. The third-order valence-electron chi connectivity index (χ3n) is 2.10. The molecule has 0 heterocycles. The number of aliphatic hydroxyl groups is 1. The van der Waals surface area contributed by atoms with Crippen LogP contribution in [0.1, 0.15) is 18.1 Å². The Morgan fingerprint density at radius 3 is 2.64 bits per heavy atom. The van der Waals surface area contributed by atoms with E-state index < -0.39 is 6.10 Å². The fraction of sp³-hybridized carbons (Fsp3) is 0.455. The maximum Gasteiger partial charge on any atom is 0.130 e. The van der Waals surface area contributed by atoms with Crippen LogP contribution in [-0.2, 0) is 6.42 Å². The summed E-state index contributed by atoms with van der Waals surface area (Å²) in [4.78, 5) is 0. The van der Waals surface area contributed by atoms with Crippen LogP contribution in [0.5, 0.6) is 5.75 Å². The van der Waals surface area contributed by atoms with E-state index in [4.69, 9.17) is 4.74 Å². The molecule has 78 valence electrons. The van der Waals surface area contributed by atoms with Gasteiger partial charge in [-0.2, -0.15) is 0 Å². The summed E-state index contributed by atoms with van der Waals surface area (Å²) in [5, 5.41) is 9.22. The molecule has 0 aromatic heterocycles. The molecule has 0 bridgehead atoms. The highest BCUT2D eigenvalue weighted by Gasteiger charge is 2.13. The van der Waals surface area contributed by atoms with Crippen LogP contribution in [0.25, 0.3) is 0 Å². The van der Waals surface area contributed by atoms with Crippen molar-refractivity contribution >= 4 is 0 Å². The lowest BCUT2D eigenvalue weighted by atomic mass is 10.0. The van der Waals surface area contributed by atoms with Crippen LogP contribution >= 0.6 is 0 Å². The molecular formula is C11H15FO2. The summed E-state index contributed by atoms with van der Waals surface area (Å²) in [6.07, 6.45) is -0.295. The van der Waals surface area contributed by atoms with Gasteiger partial charge in [0.1, 0.15) is 11.6 Å². The Morgan fingerprint density at radius 1 is 1.50 bits per heavy atom. The van der Waals surface area contributed by atoms with Gasteiger partial charge in [0.25, 0.3) is 0 Å². The van der Waals surface area contributed by atoms with Crippen molar-refractivity contribution in [2.24, 2.45) is 0 Å². The Morgan fingerprint density at radius 2 is 2.14 bits per heavy atom. The van der Waals surface area contributed by atoms with Crippen LogP contribution < -0.4 is 4.74 Å². The van der Waals surface area contributed by atoms with Crippen molar-refractivity contribution in [3.63, 3.8) is 0 Å². The molecule has 0 aliphatic heterocycles. The van der Waals surface area contributed by atoms with Crippen molar-refractivity contribution in [2.75, 3.05) is 7.11 Å². The zero-order valence-electron chi connectivity index (χ0n) is 8.67. The monoisotopic (exact) mass is 198 g/mol. The number of hydrogen-bond acceptors (Lipinski definition) is 2. The van der Waals surface area contributed by atoms with Crippen molar-refractivity contribution in [1.29, 1.82) is 0 Å². The van der Waals surface area contributed by atoms with Gasteiger partial charge in [-0.3, -0.25) is 0 Å². The van der Waals surface area contributed by atoms with E-state index in [2.05, 4.69) is 0 Å². The van der Waals surface area contributed by atoms with E-state index in [1.54, 1.807) is 13.0 Å². The van der Waals surface area contributed by atoms with Crippen molar-refractivity contribution < 1.29 is 14.2 Å². The van der Waals surface area contributed by atoms with Gasteiger partial charge in [-0.05, 0) is 25.5 Å². The van der Waals surface area contributed by atoms with Crippen LogP contribution in [0.15, 0.2) is 12.1 Å². The number of rotatable bonds is 3. The second kappa shape index (κ2) is 4.42. The lowest BCUT2D eigenvalue weighted by Crippen LogP contribution is -2.08. The molecule has 1 rings (SSSR count). The average Bonchev–Trinajstić information content (AvgIpc) is 2.11. The molecule has 2 nitrogen and oxygen atoms in total. The van der Waals surface area contributed by atoms with Gasteiger partial charge in [-0.15, -0.1) is 0 Å². The Balaban J connectivity index is 3.16. The van der Waals surface area contributed by atoms with Gasteiger partial charge in [-0.25, -0.2) is 4.39 Å². The largest absolute Gasteiger partial charge is 0.496 e. The molecule has 1 unspecified atom stereocenters. The van der Waals surface area contributed by atoms with Gasteiger partial charge in [-0.1, -0.05) is 6.07 Å². The summed E-state index contributed by atoms with van der Waals surface area (Å²) < 4.78 is 18.5. The fourth-order valence-corrected chi connectivity index (χ4v) is 1.49. The van der Waals surface area contributed by atoms with Crippen LogP contribution in [-0.4, -0.2) is 18.3 Å².